The Balaban J connectivity index is 1.34. The number of carbonyl (C=O) groups is 1. The molecule has 2 aliphatic rings. The van der Waals surface area contributed by atoms with E-state index in [0.717, 1.165) is 74.1 Å². The van der Waals surface area contributed by atoms with Crippen LogP contribution in [0.3, 0.4) is 0 Å². The zero-order valence-corrected chi connectivity index (χ0v) is 31.1. The van der Waals surface area contributed by atoms with Gasteiger partial charge in [0, 0.05) is 61.8 Å². The highest BCUT2D eigenvalue weighted by Crippen LogP contribution is 2.42. The number of aromatic carboxylic acids is 1. The Morgan fingerprint density at radius 2 is 1.90 bits per heavy atom. The molecule has 1 unspecified atom stereocenters. The molecule has 0 amide bonds. The highest BCUT2D eigenvalue weighted by molar-refractivity contribution is 7.98. The van der Waals surface area contributed by atoms with Crippen LogP contribution in [0.1, 0.15) is 45.0 Å². The van der Waals surface area contributed by atoms with Gasteiger partial charge in [0.15, 0.2) is 0 Å². The van der Waals surface area contributed by atoms with Crippen LogP contribution in [0.2, 0.25) is 5.02 Å². The summed E-state index contributed by atoms with van der Waals surface area (Å²) in [6.45, 7) is 1.88. The number of benzene rings is 3. The SMILES string of the molecule is COCCOCC1NN(C)C2=C1CSCc1cc(n(C)n1)CCc1cc(c3ccccc3c1)OCCCc1c(C(=O)O)n(C)c3c2c(Cl)ccc13. The number of carboxylic acid groups (broad SMARTS) is 1. The van der Waals surface area contributed by atoms with Gasteiger partial charge in [-0.15, -0.1) is 0 Å². The lowest BCUT2D eigenvalue weighted by atomic mass is 9.99. The first-order valence-corrected chi connectivity index (χ1v) is 18.9. The first-order chi connectivity index (χ1) is 24.7. The van der Waals surface area contributed by atoms with Crippen LogP contribution in [0.5, 0.6) is 5.75 Å². The molecule has 0 aliphatic carbocycles. The van der Waals surface area contributed by atoms with Gasteiger partial charge in [0.25, 0.3) is 0 Å². The number of aryl methyl sites for hydroxylation is 5. The number of aromatic nitrogens is 3. The maximum Gasteiger partial charge on any atom is 0.352 e. The predicted octanol–water partition coefficient (Wildman–Crippen LogP) is 6.65. The maximum absolute atomic E-state index is 12.9. The molecule has 5 aromatic rings. The molecule has 7 rings (SSSR count). The molecule has 4 heterocycles. The molecule has 1 atom stereocenters. The number of hydrogen-bond acceptors (Lipinski definition) is 8. The fourth-order valence-electron chi connectivity index (χ4n) is 7.53. The first kappa shape index (κ1) is 35.4. The molecule has 2 N–H and O–H groups in total. The Morgan fingerprint density at radius 1 is 1.06 bits per heavy atom. The van der Waals surface area contributed by atoms with Crippen molar-refractivity contribution in [3.05, 3.63) is 99.0 Å². The zero-order chi connectivity index (χ0) is 35.6. The molecular formula is C39H44ClN5O5S. The van der Waals surface area contributed by atoms with Crippen molar-refractivity contribution < 1.29 is 24.1 Å². The molecule has 0 saturated heterocycles. The number of halogens is 1. The van der Waals surface area contributed by atoms with Crippen molar-refractivity contribution in [3.63, 3.8) is 0 Å². The topological polar surface area (TPSA) is 103 Å². The molecule has 3 aromatic carbocycles. The molecule has 10 nitrogen and oxygen atoms in total. The van der Waals surface area contributed by atoms with Crippen LogP contribution in [0.25, 0.3) is 27.4 Å². The summed E-state index contributed by atoms with van der Waals surface area (Å²) in [6.07, 6.45) is 2.88. The summed E-state index contributed by atoms with van der Waals surface area (Å²) in [6, 6.07) is 18.6. The molecule has 2 aliphatic heterocycles. The van der Waals surface area contributed by atoms with Gasteiger partial charge in [0.05, 0.1) is 54.4 Å². The van der Waals surface area contributed by atoms with Gasteiger partial charge in [-0.05, 0) is 66.0 Å². The lowest BCUT2D eigenvalue weighted by Crippen LogP contribution is -2.38. The summed E-state index contributed by atoms with van der Waals surface area (Å²) < 4.78 is 21.5. The van der Waals surface area contributed by atoms with Crippen molar-refractivity contribution in [2.24, 2.45) is 14.1 Å². The molecule has 12 heteroatoms. The van der Waals surface area contributed by atoms with Gasteiger partial charge in [0.2, 0.25) is 0 Å². The number of rotatable bonds is 6. The summed E-state index contributed by atoms with van der Waals surface area (Å²) in [5.74, 6) is 1.30. The lowest BCUT2D eigenvalue weighted by Gasteiger charge is -2.20. The molecule has 0 spiro atoms. The van der Waals surface area contributed by atoms with Crippen LogP contribution in [-0.2, 0) is 48.6 Å². The number of ether oxygens (including phenoxy) is 3. The Morgan fingerprint density at radius 3 is 2.73 bits per heavy atom. The van der Waals surface area contributed by atoms with Crippen molar-refractivity contribution in [2.75, 3.05) is 46.3 Å². The molecule has 0 saturated carbocycles. The summed E-state index contributed by atoms with van der Waals surface area (Å²) in [4.78, 5) is 12.9. The van der Waals surface area contributed by atoms with E-state index in [9.17, 15) is 9.90 Å². The smallest absolute Gasteiger partial charge is 0.352 e. The average molecular weight is 730 g/mol. The lowest BCUT2D eigenvalue weighted by molar-refractivity contribution is 0.0592. The summed E-state index contributed by atoms with van der Waals surface area (Å²) in [5, 5.41) is 21.1. The predicted molar refractivity (Wildman–Crippen MR) is 204 cm³/mol. The van der Waals surface area contributed by atoms with Gasteiger partial charge in [-0.1, -0.05) is 48.0 Å². The van der Waals surface area contributed by atoms with Crippen LogP contribution in [0.4, 0.5) is 0 Å². The van der Waals surface area contributed by atoms with Crippen LogP contribution < -0.4 is 10.2 Å². The van der Waals surface area contributed by atoms with Gasteiger partial charge < -0.3 is 28.9 Å². The largest absolute Gasteiger partial charge is 0.493 e. The third kappa shape index (κ3) is 7.10. The van der Waals surface area contributed by atoms with Crippen molar-refractivity contribution in [2.45, 2.75) is 37.5 Å². The third-order valence-corrected chi connectivity index (χ3v) is 11.2. The van der Waals surface area contributed by atoms with Gasteiger partial charge >= 0.3 is 5.97 Å². The monoisotopic (exact) mass is 729 g/mol. The molecule has 51 heavy (non-hydrogen) atoms. The van der Waals surface area contributed by atoms with E-state index in [4.69, 9.17) is 30.9 Å². The van der Waals surface area contributed by atoms with E-state index < -0.39 is 5.97 Å². The molecule has 0 radical (unpaired) electrons. The summed E-state index contributed by atoms with van der Waals surface area (Å²) in [5.41, 5.74) is 11.7. The second kappa shape index (κ2) is 15.3. The molecular weight excluding hydrogens is 686 g/mol. The summed E-state index contributed by atoms with van der Waals surface area (Å²) >= 11 is 8.89. The van der Waals surface area contributed by atoms with Crippen LogP contribution >= 0.6 is 23.4 Å². The van der Waals surface area contributed by atoms with E-state index in [1.807, 2.05) is 49.0 Å². The van der Waals surface area contributed by atoms with Crippen molar-refractivity contribution in [1.82, 2.24) is 24.8 Å². The van der Waals surface area contributed by atoms with E-state index in [0.29, 0.717) is 50.0 Å². The van der Waals surface area contributed by atoms with Crippen molar-refractivity contribution in [3.8, 4) is 5.75 Å². The Hall–Kier alpha value is -4.00. The van der Waals surface area contributed by atoms with Gasteiger partial charge in [-0.3, -0.25) is 4.68 Å². The normalized spacial score (nSPS) is 17.2. The van der Waals surface area contributed by atoms with Gasteiger partial charge in [0.1, 0.15) is 11.4 Å². The van der Waals surface area contributed by atoms with Crippen LogP contribution in [-0.4, -0.2) is 82.8 Å². The minimum atomic E-state index is -0.971. The van der Waals surface area contributed by atoms with E-state index >= 15 is 0 Å². The maximum atomic E-state index is 12.9. The molecule has 8 bridgehead atoms. The number of thioether (sulfide) groups is 1. The Kier molecular flexibility index (Phi) is 10.6. The number of methoxy groups -OCH3 is 1. The standard InChI is InChI=1S/C39H44ClN5O5S/c1-43-36-30-13-14-32(40)35(36)37-31(33(42-45(37)3)21-49-17-16-48-4)23-51-22-26-20-27(44(2)41-26)12-11-24-18-25-8-5-6-9-28(25)34(19-24)50-15-7-10-29(30)38(43)39(46)47/h5-6,8-9,13-14,18-20,33,42H,7,10-12,15-17,21-23H2,1-4H3,(H,46,47). The number of hydrazine groups is 1. The Labute approximate surface area is 307 Å². The van der Waals surface area contributed by atoms with E-state index in [1.54, 1.807) is 23.4 Å². The molecule has 2 aromatic heterocycles. The minimum absolute atomic E-state index is 0.108. The second-order valence-electron chi connectivity index (χ2n) is 13.2. The Bertz CT molecular complexity index is 2120. The van der Waals surface area contributed by atoms with Gasteiger partial charge in [-0.2, -0.15) is 16.9 Å². The van der Waals surface area contributed by atoms with Crippen molar-refractivity contribution in [1.29, 1.82) is 0 Å². The molecule has 268 valence electrons. The number of fused-ring (bicyclic) bond motifs is 7. The quantitative estimate of drug-likeness (QED) is 0.186. The number of hydrogen-bond donors (Lipinski definition) is 2. The number of nitrogens with zero attached hydrogens (tertiary/aromatic N) is 4. The van der Waals surface area contributed by atoms with Gasteiger partial charge in [-0.25, -0.2) is 10.2 Å². The summed E-state index contributed by atoms with van der Waals surface area (Å²) in [7, 11) is 7.48. The van der Waals surface area contributed by atoms with E-state index in [-0.39, 0.29) is 11.7 Å². The van der Waals surface area contributed by atoms with Crippen LogP contribution in [0.15, 0.2) is 60.2 Å². The van der Waals surface area contributed by atoms with E-state index in [2.05, 4.69) is 41.8 Å². The number of carboxylic acids is 1. The highest BCUT2D eigenvalue weighted by Gasteiger charge is 2.34. The second-order valence-corrected chi connectivity index (χ2v) is 14.6. The fraction of sp³-hybridized carbons (Fsp3) is 0.385. The third-order valence-electron chi connectivity index (χ3n) is 9.89. The van der Waals surface area contributed by atoms with Crippen LogP contribution in [0, 0.1) is 0 Å². The van der Waals surface area contributed by atoms with E-state index in [1.165, 1.54) is 11.3 Å². The average Bonchev–Trinajstić information content (AvgIpc) is 3.72. The fourth-order valence-corrected chi connectivity index (χ4v) is 8.78. The molecule has 0 fully saturated rings. The zero-order valence-electron chi connectivity index (χ0n) is 29.5. The van der Waals surface area contributed by atoms with Crippen molar-refractivity contribution >= 4 is 56.7 Å². The first-order valence-electron chi connectivity index (χ1n) is 17.3. The minimum Gasteiger partial charge on any atom is -0.493 e. The number of nitrogens with one attached hydrogen (secondary N) is 1. The highest BCUT2D eigenvalue weighted by atomic mass is 35.5.